The van der Waals surface area contributed by atoms with Crippen molar-refractivity contribution in [1.29, 1.82) is 0 Å². The fourth-order valence-electron chi connectivity index (χ4n) is 1.06. The number of hydrogen-bond donors (Lipinski definition) is 1. The third-order valence-electron chi connectivity index (χ3n) is 1.82. The lowest BCUT2D eigenvalue weighted by atomic mass is 10.4. The number of ether oxygens (including phenoxy) is 1. The van der Waals surface area contributed by atoms with Crippen molar-refractivity contribution in [2.75, 3.05) is 46.9 Å². The summed E-state index contributed by atoms with van der Waals surface area (Å²) in [7, 11) is 3.36. The zero-order valence-electron chi connectivity index (χ0n) is 8.93. The Bertz CT molecular complexity index is 125. The molecule has 1 N–H and O–H groups in total. The third-order valence-corrected chi connectivity index (χ3v) is 1.82. The Morgan fingerprint density at radius 3 is 2.64 bits per heavy atom. The number of rotatable bonds is 9. The van der Waals surface area contributed by atoms with Crippen molar-refractivity contribution >= 4 is 0 Å². The molecule has 0 radical (unpaired) electrons. The van der Waals surface area contributed by atoms with Crippen LogP contribution < -0.4 is 5.32 Å². The van der Waals surface area contributed by atoms with Gasteiger partial charge in [0, 0.05) is 26.8 Å². The number of alkyl halides is 2. The van der Waals surface area contributed by atoms with E-state index in [1.165, 1.54) is 0 Å². The Kier molecular flexibility index (Phi) is 9.13. The average Bonchev–Trinajstić information content (AvgIpc) is 2.10. The van der Waals surface area contributed by atoms with Gasteiger partial charge in [0.2, 0.25) is 0 Å². The zero-order chi connectivity index (χ0) is 10.8. The van der Waals surface area contributed by atoms with Crippen LogP contribution in [0.15, 0.2) is 0 Å². The van der Waals surface area contributed by atoms with E-state index in [0.717, 1.165) is 26.1 Å². The van der Waals surface area contributed by atoms with Gasteiger partial charge in [-0.3, -0.25) is 4.90 Å². The van der Waals surface area contributed by atoms with Crippen molar-refractivity contribution < 1.29 is 13.5 Å². The van der Waals surface area contributed by atoms with E-state index in [9.17, 15) is 8.78 Å². The van der Waals surface area contributed by atoms with Gasteiger partial charge in [0.15, 0.2) is 0 Å². The Labute approximate surface area is 84.4 Å². The molecule has 0 aliphatic carbocycles. The predicted molar refractivity (Wildman–Crippen MR) is 52.9 cm³/mol. The van der Waals surface area contributed by atoms with Gasteiger partial charge in [-0.1, -0.05) is 0 Å². The van der Waals surface area contributed by atoms with Crippen molar-refractivity contribution in [3.8, 4) is 0 Å². The Morgan fingerprint density at radius 2 is 2.07 bits per heavy atom. The number of hydrogen-bond acceptors (Lipinski definition) is 3. The quantitative estimate of drug-likeness (QED) is 0.570. The second kappa shape index (κ2) is 9.30. The number of likely N-dealkylation sites (N-methyl/N-ethyl adjacent to an activating group) is 1. The second-order valence-electron chi connectivity index (χ2n) is 3.25. The molecule has 0 aromatic rings. The molecule has 0 aromatic carbocycles. The molecular formula is C9H20F2N2O. The minimum absolute atomic E-state index is 0.153. The van der Waals surface area contributed by atoms with Crippen molar-refractivity contribution in [3.05, 3.63) is 0 Å². The van der Waals surface area contributed by atoms with Crippen LogP contribution in [-0.2, 0) is 4.74 Å². The lowest BCUT2D eigenvalue weighted by Crippen LogP contribution is -2.32. The van der Waals surface area contributed by atoms with Gasteiger partial charge in [-0.2, -0.15) is 0 Å². The molecule has 5 heteroatoms. The zero-order valence-corrected chi connectivity index (χ0v) is 8.93. The van der Waals surface area contributed by atoms with Crippen LogP contribution in [0, 0.1) is 0 Å². The van der Waals surface area contributed by atoms with Crippen LogP contribution in [0.25, 0.3) is 0 Å². The maximum atomic E-state index is 11.9. The first-order valence-corrected chi connectivity index (χ1v) is 4.83. The summed E-state index contributed by atoms with van der Waals surface area (Å²) in [6.07, 6.45) is -1.29. The van der Waals surface area contributed by atoms with Crippen LogP contribution in [0.2, 0.25) is 0 Å². The van der Waals surface area contributed by atoms with E-state index in [1.54, 1.807) is 19.1 Å². The molecule has 0 unspecified atom stereocenters. The van der Waals surface area contributed by atoms with Crippen molar-refractivity contribution in [2.45, 2.75) is 12.8 Å². The fraction of sp³-hybridized carbons (Fsp3) is 1.00. The van der Waals surface area contributed by atoms with Gasteiger partial charge in [-0.05, 0) is 20.0 Å². The highest BCUT2D eigenvalue weighted by molar-refractivity contribution is 4.55. The Morgan fingerprint density at radius 1 is 1.36 bits per heavy atom. The summed E-state index contributed by atoms with van der Waals surface area (Å²) in [5.74, 6) is 0. The molecule has 0 aromatic heterocycles. The van der Waals surface area contributed by atoms with E-state index in [1.807, 2.05) is 0 Å². The molecule has 14 heavy (non-hydrogen) atoms. The molecule has 0 spiro atoms. The molecule has 86 valence electrons. The van der Waals surface area contributed by atoms with Crippen LogP contribution in [0.3, 0.4) is 0 Å². The van der Waals surface area contributed by atoms with Crippen LogP contribution in [0.1, 0.15) is 6.42 Å². The molecule has 0 heterocycles. The first-order chi connectivity index (χ1) is 6.66. The minimum atomic E-state index is -2.24. The number of methoxy groups -OCH3 is 1. The topological polar surface area (TPSA) is 24.5 Å². The van der Waals surface area contributed by atoms with Crippen LogP contribution >= 0.6 is 0 Å². The molecule has 0 fully saturated rings. The normalized spacial score (nSPS) is 11.6. The maximum absolute atomic E-state index is 11.9. The van der Waals surface area contributed by atoms with E-state index in [-0.39, 0.29) is 6.54 Å². The Balaban J connectivity index is 3.10. The molecule has 0 amide bonds. The van der Waals surface area contributed by atoms with Crippen LogP contribution in [-0.4, -0.2) is 58.3 Å². The molecule has 0 atom stereocenters. The fourth-order valence-corrected chi connectivity index (χ4v) is 1.06. The molecule has 0 aliphatic rings. The average molecular weight is 210 g/mol. The van der Waals surface area contributed by atoms with Gasteiger partial charge in [-0.15, -0.1) is 0 Å². The molecular weight excluding hydrogens is 190 g/mol. The molecule has 0 saturated heterocycles. The highest BCUT2D eigenvalue weighted by atomic mass is 19.3. The van der Waals surface area contributed by atoms with Crippen molar-refractivity contribution in [2.24, 2.45) is 0 Å². The number of nitrogens with one attached hydrogen (secondary N) is 1. The van der Waals surface area contributed by atoms with Crippen molar-refractivity contribution in [3.63, 3.8) is 0 Å². The van der Waals surface area contributed by atoms with Gasteiger partial charge < -0.3 is 10.1 Å². The molecule has 3 nitrogen and oxygen atoms in total. The molecule has 0 rings (SSSR count). The van der Waals surface area contributed by atoms with Gasteiger partial charge in [0.25, 0.3) is 6.43 Å². The SMILES string of the molecule is COCCCNCCN(C)CC(F)F. The summed E-state index contributed by atoms with van der Waals surface area (Å²) in [4.78, 5) is 1.62. The first kappa shape index (κ1) is 13.7. The number of nitrogens with zero attached hydrogens (tertiary/aromatic N) is 1. The summed E-state index contributed by atoms with van der Waals surface area (Å²) < 4.78 is 28.6. The molecule has 0 bridgehead atoms. The summed E-state index contributed by atoms with van der Waals surface area (Å²) in [5, 5.41) is 3.16. The van der Waals surface area contributed by atoms with Gasteiger partial charge >= 0.3 is 0 Å². The van der Waals surface area contributed by atoms with Crippen molar-refractivity contribution in [1.82, 2.24) is 10.2 Å². The third kappa shape index (κ3) is 9.83. The minimum Gasteiger partial charge on any atom is -0.385 e. The summed E-state index contributed by atoms with van der Waals surface area (Å²) in [6, 6.07) is 0. The van der Waals surface area contributed by atoms with E-state index < -0.39 is 6.43 Å². The van der Waals surface area contributed by atoms with E-state index in [4.69, 9.17) is 4.74 Å². The van der Waals surface area contributed by atoms with E-state index >= 15 is 0 Å². The highest BCUT2D eigenvalue weighted by Gasteiger charge is 2.06. The van der Waals surface area contributed by atoms with Crippen LogP contribution in [0.5, 0.6) is 0 Å². The highest BCUT2D eigenvalue weighted by Crippen LogP contribution is 1.94. The molecule has 0 aliphatic heterocycles. The largest absolute Gasteiger partial charge is 0.385 e. The smallest absolute Gasteiger partial charge is 0.251 e. The summed E-state index contributed by atoms with van der Waals surface area (Å²) in [6.45, 7) is 2.85. The monoisotopic (exact) mass is 210 g/mol. The maximum Gasteiger partial charge on any atom is 0.251 e. The number of halogens is 2. The standard InChI is InChI=1S/C9H20F2N2O/c1-13(8-9(10)11)6-5-12-4-3-7-14-2/h9,12H,3-8H2,1-2H3. The van der Waals surface area contributed by atoms with Gasteiger partial charge in [0.05, 0.1) is 6.54 Å². The first-order valence-electron chi connectivity index (χ1n) is 4.83. The second-order valence-corrected chi connectivity index (χ2v) is 3.25. The van der Waals surface area contributed by atoms with E-state index in [2.05, 4.69) is 5.32 Å². The lowest BCUT2D eigenvalue weighted by molar-refractivity contribution is 0.101. The predicted octanol–water partition coefficient (Wildman–Crippen LogP) is 0.809. The molecule has 0 saturated carbocycles. The van der Waals surface area contributed by atoms with E-state index in [0.29, 0.717) is 6.54 Å². The van der Waals surface area contributed by atoms with Crippen LogP contribution in [0.4, 0.5) is 8.78 Å². The summed E-state index contributed by atoms with van der Waals surface area (Å²) >= 11 is 0. The lowest BCUT2D eigenvalue weighted by Gasteiger charge is -2.15. The van der Waals surface area contributed by atoms with Gasteiger partial charge in [-0.25, -0.2) is 8.78 Å². The summed E-state index contributed by atoms with van der Waals surface area (Å²) in [5.41, 5.74) is 0. The van der Waals surface area contributed by atoms with Gasteiger partial charge in [0.1, 0.15) is 0 Å². The Hall–Kier alpha value is -0.260.